The molecule has 0 aliphatic heterocycles. The molecule has 1 heteroatoms. The Morgan fingerprint density at radius 2 is 2.06 bits per heavy atom. The van der Waals surface area contributed by atoms with E-state index in [1.54, 1.807) is 7.11 Å². The summed E-state index contributed by atoms with van der Waals surface area (Å²) in [5.74, 6) is 1.57. The first-order valence-corrected chi connectivity index (χ1v) is 6.32. The molecule has 0 spiro atoms. The van der Waals surface area contributed by atoms with Gasteiger partial charge in [-0.2, -0.15) is 0 Å². The minimum absolute atomic E-state index is 0.543. The van der Waals surface area contributed by atoms with Crippen molar-refractivity contribution < 1.29 is 4.74 Å². The Morgan fingerprint density at radius 3 is 2.65 bits per heavy atom. The quantitative estimate of drug-likeness (QED) is 0.659. The van der Waals surface area contributed by atoms with Gasteiger partial charge in [0.2, 0.25) is 0 Å². The third kappa shape index (κ3) is 4.26. The van der Waals surface area contributed by atoms with Crippen LogP contribution in [0.5, 0.6) is 5.75 Å². The lowest BCUT2D eigenvalue weighted by atomic mass is 9.94. The molecule has 0 N–H and O–H groups in total. The van der Waals surface area contributed by atoms with E-state index in [2.05, 4.69) is 52.0 Å². The van der Waals surface area contributed by atoms with Crippen LogP contribution in [0.2, 0.25) is 0 Å². The molecule has 1 aromatic carbocycles. The van der Waals surface area contributed by atoms with Gasteiger partial charge in [0.1, 0.15) is 5.75 Å². The van der Waals surface area contributed by atoms with Crippen LogP contribution in [0.15, 0.2) is 29.8 Å². The number of ether oxygens (including phenoxy) is 1. The molecular formula is C16H24O. The molecule has 0 amide bonds. The van der Waals surface area contributed by atoms with Crippen LogP contribution < -0.4 is 4.74 Å². The summed E-state index contributed by atoms with van der Waals surface area (Å²) >= 11 is 0. The number of allylic oxidation sites excluding steroid dienone is 2. The Labute approximate surface area is 106 Å². The van der Waals surface area contributed by atoms with Gasteiger partial charge in [0.05, 0.1) is 7.11 Å². The van der Waals surface area contributed by atoms with Crippen LogP contribution in [-0.2, 0) is 0 Å². The van der Waals surface area contributed by atoms with Gasteiger partial charge in [-0.3, -0.25) is 0 Å². The zero-order valence-electron chi connectivity index (χ0n) is 11.7. The molecule has 1 rings (SSSR count). The van der Waals surface area contributed by atoms with Crippen LogP contribution in [0.25, 0.3) is 0 Å². The molecule has 0 fully saturated rings. The Bertz CT molecular complexity index is 387. The lowest BCUT2D eigenvalue weighted by Gasteiger charge is -2.15. The third-order valence-electron chi connectivity index (χ3n) is 3.07. The van der Waals surface area contributed by atoms with Gasteiger partial charge in [-0.15, -0.1) is 0 Å². The lowest BCUT2D eigenvalue weighted by Crippen LogP contribution is -1.98. The molecule has 0 saturated carbocycles. The molecule has 94 valence electrons. The van der Waals surface area contributed by atoms with Gasteiger partial charge in [-0.1, -0.05) is 30.7 Å². The van der Waals surface area contributed by atoms with Crippen LogP contribution in [0.4, 0.5) is 0 Å². The molecule has 0 aromatic heterocycles. The topological polar surface area (TPSA) is 9.23 Å². The molecule has 0 aliphatic rings. The van der Waals surface area contributed by atoms with E-state index in [0.29, 0.717) is 5.92 Å². The molecular weight excluding hydrogens is 208 g/mol. The summed E-state index contributed by atoms with van der Waals surface area (Å²) in [6.45, 7) is 8.67. The average Bonchev–Trinajstić information content (AvgIpc) is 2.28. The normalized spacial score (nSPS) is 12.1. The van der Waals surface area contributed by atoms with Crippen molar-refractivity contribution in [2.75, 3.05) is 7.11 Å². The van der Waals surface area contributed by atoms with Crippen LogP contribution in [0.3, 0.4) is 0 Å². The van der Waals surface area contributed by atoms with E-state index in [4.69, 9.17) is 4.74 Å². The fourth-order valence-electron chi connectivity index (χ4n) is 2.00. The molecule has 1 aromatic rings. The van der Waals surface area contributed by atoms with E-state index in [1.807, 2.05) is 0 Å². The molecule has 0 heterocycles. The number of hydrogen-bond acceptors (Lipinski definition) is 1. The molecule has 1 atom stereocenters. The number of benzene rings is 1. The molecule has 1 nitrogen and oxygen atoms in total. The van der Waals surface area contributed by atoms with Crippen molar-refractivity contribution in [3.63, 3.8) is 0 Å². The zero-order chi connectivity index (χ0) is 12.8. The van der Waals surface area contributed by atoms with E-state index in [-0.39, 0.29) is 0 Å². The Kier molecular flexibility index (Phi) is 5.27. The molecule has 0 aliphatic carbocycles. The van der Waals surface area contributed by atoms with E-state index in [0.717, 1.165) is 12.2 Å². The first-order valence-electron chi connectivity index (χ1n) is 6.32. The summed E-state index contributed by atoms with van der Waals surface area (Å²) in [5, 5.41) is 0. The Hall–Kier alpha value is -1.24. The van der Waals surface area contributed by atoms with Crippen LogP contribution in [0.1, 0.15) is 50.7 Å². The van der Waals surface area contributed by atoms with Gasteiger partial charge in [0.25, 0.3) is 0 Å². The maximum absolute atomic E-state index is 5.46. The predicted molar refractivity (Wildman–Crippen MR) is 74.8 cm³/mol. The monoisotopic (exact) mass is 232 g/mol. The van der Waals surface area contributed by atoms with Gasteiger partial charge in [0.15, 0.2) is 0 Å². The fourth-order valence-corrected chi connectivity index (χ4v) is 2.00. The molecule has 0 bridgehead atoms. The highest BCUT2D eigenvalue weighted by Crippen LogP contribution is 2.30. The molecule has 1 unspecified atom stereocenters. The van der Waals surface area contributed by atoms with Crippen molar-refractivity contribution in [2.45, 2.75) is 46.5 Å². The number of methoxy groups -OCH3 is 1. The maximum Gasteiger partial charge on any atom is 0.122 e. The van der Waals surface area contributed by atoms with Crippen LogP contribution in [0, 0.1) is 6.92 Å². The highest BCUT2D eigenvalue weighted by molar-refractivity contribution is 5.39. The predicted octanol–water partition coefficient (Wildman–Crippen LogP) is 4.85. The van der Waals surface area contributed by atoms with Gasteiger partial charge in [-0.05, 0) is 56.7 Å². The van der Waals surface area contributed by atoms with Crippen molar-refractivity contribution in [3.8, 4) is 5.75 Å². The molecule has 17 heavy (non-hydrogen) atoms. The van der Waals surface area contributed by atoms with Crippen molar-refractivity contribution in [2.24, 2.45) is 0 Å². The van der Waals surface area contributed by atoms with Crippen LogP contribution >= 0.6 is 0 Å². The largest absolute Gasteiger partial charge is 0.496 e. The van der Waals surface area contributed by atoms with Crippen molar-refractivity contribution in [3.05, 3.63) is 41.0 Å². The summed E-state index contributed by atoms with van der Waals surface area (Å²) < 4.78 is 5.46. The van der Waals surface area contributed by atoms with Crippen LogP contribution in [-0.4, -0.2) is 7.11 Å². The van der Waals surface area contributed by atoms with E-state index < -0.39 is 0 Å². The number of rotatable bonds is 5. The summed E-state index contributed by atoms with van der Waals surface area (Å²) in [6, 6.07) is 6.48. The van der Waals surface area contributed by atoms with E-state index in [9.17, 15) is 0 Å². The first kappa shape index (κ1) is 13.8. The first-order chi connectivity index (χ1) is 8.04. The summed E-state index contributed by atoms with van der Waals surface area (Å²) in [7, 11) is 1.75. The van der Waals surface area contributed by atoms with E-state index in [1.165, 1.54) is 23.1 Å². The van der Waals surface area contributed by atoms with E-state index >= 15 is 0 Å². The van der Waals surface area contributed by atoms with Crippen molar-refractivity contribution >= 4 is 0 Å². The lowest BCUT2D eigenvalue weighted by molar-refractivity contribution is 0.405. The highest BCUT2D eigenvalue weighted by Gasteiger charge is 2.10. The second-order valence-corrected chi connectivity index (χ2v) is 5.01. The van der Waals surface area contributed by atoms with Gasteiger partial charge >= 0.3 is 0 Å². The van der Waals surface area contributed by atoms with Gasteiger partial charge < -0.3 is 4.74 Å². The Balaban J connectivity index is 2.74. The SMILES string of the molecule is COc1cc(C)ccc1C(C)CCC=C(C)C. The second kappa shape index (κ2) is 6.48. The summed E-state index contributed by atoms with van der Waals surface area (Å²) in [6.07, 6.45) is 4.61. The summed E-state index contributed by atoms with van der Waals surface area (Å²) in [5.41, 5.74) is 3.97. The fraction of sp³-hybridized carbons (Fsp3) is 0.500. The number of hydrogen-bond donors (Lipinski definition) is 0. The van der Waals surface area contributed by atoms with Crippen molar-refractivity contribution in [1.29, 1.82) is 0 Å². The third-order valence-corrected chi connectivity index (χ3v) is 3.07. The van der Waals surface area contributed by atoms with Gasteiger partial charge in [0, 0.05) is 0 Å². The minimum atomic E-state index is 0.543. The second-order valence-electron chi connectivity index (χ2n) is 5.01. The van der Waals surface area contributed by atoms with Crippen molar-refractivity contribution in [1.82, 2.24) is 0 Å². The standard InChI is InChI=1S/C16H24O/c1-12(2)7-6-8-14(4)15-10-9-13(3)11-16(15)17-5/h7,9-11,14H,6,8H2,1-5H3. The summed E-state index contributed by atoms with van der Waals surface area (Å²) in [4.78, 5) is 0. The smallest absolute Gasteiger partial charge is 0.122 e. The average molecular weight is 232 g/mol. The highest BCUT2D eigenvalue weighted by atomic mass is 16.5. The molecule has 0 radical (unpaired) electrons. The van der Waals surface area contributed by atoms with Gasteiger partial charge in [-0.25, -0.2) is 0 Å². The molecule has 0 saturated heterocycles. The minimum Gasteiger partial charge on any atom is -0.496 e. The zero-order valence-corrected chi connectivity index (χ0v) is 11.7. The number of aryl methyl sites for hydroxylation is 1. The Morgan fingerprint density at radius 1 is 1.35 bits per heavy atom. The maximum atomic E-state index is 5.46.